The molecule has 0 aliphatic heterocycles. The van der Waals surface area contributed by atoms with E-state index in [1.165, 1.54) is 193 Å². The minimum Gasteiger partial charge on any atom is -0.318 e. The Morgan fingerprint density at radius 1 is 0.444 bits per heavy atom. The lowest BCUT2D eigenvalue weighted by atomic mass is 9.96. The highest BCUT2D eigenvalue weighted by atomic mass is 14.9. The van der Waals surface area contributed by atoms with Crippen LogP contribution < -0.4 is 10.6 Å². The molecule has 1 unspecified atom stereocenters. The van der Waals surface area contributed by atoms with Gasteiger partial charge in [0.05, 0.1) is 0 Å². The third-order valence-electron chi connectivity index (χ3n) is 8.78. The van der Waals surface area contributed by atoms with Crippen LogP contribution in [0.25, 0.3) is 0 Å². The van der Waals surface area contributed by atoms with Crippen molar-refractivity contribution in [3.8, 4) is 0 Å². The Kier molecular flexibility index (Phi) is 54.5. The maximum Gasteiger partial charge on any atom is 0.00766 e. The van der Waals surface area contributed by atoms with Gasteiger partial charge in [-0.3, -0.25) is 0 Å². The molecule has 2 heteroatoms. The zero-order valence-electron chi connectivity index (χ0n) is 32.6. The van der Waals surface area contributed by atoms with E-state index < -0.39 is 0 Å². The highest BCUT2D eigenvalue weighted by Crippen LogP contribution is 2.17. The van der Waals surface area contributed by atoms with Gasteiger partial charge in [-0.2, -0.15) is 0 Å². The fourth-order valence-corrected chi connectivity index (χ4v) is 5.55. The normalized spacial score (nSPS) is 11.6. The molecule has 2 nitrogen and oxygen atoms in total. The average molecular weight is 635 g/mol. The molecule has 0 aromatic rings. The Balaban J connectivity index is -0.000000683. The predicted molar refractivity (Wildman–Crippen MR) is 212 cm³/mol. The summed E-state index contributed by atoms with van der Waals surface area (Å²) in [4.78, 5) is 0. The summed E-state index contributed by atoms with van der Waals surface area (Å²) in [5.41, 5.74) is 0. The molecular weight excluding hydrogens is 544 g/mol. The quantitative estimate of drug-likeness (QED) is 0.0543. The van der Waals surface area contributed by atoms with Crippen molar-refractivity contribution in [2.45, 2.75) is 221 Å². The summed E-state index contributed by atoms with van der Waals surface area (Å²) >= 11 is 0. The standard InChI is InChI=1S/C19H40N2.C19H38.C5H12/c1-4-5-6-11-14-19(2)15-12-9-7-8-10-13-16-21-18-17-20-3;1-3-5-7-9-11-13-15-17-19-18-16-14-12-10-8-6-4-2;1-3-5-4-2/h4,19-21H,1,5-18H2,2-3H3;9,11H,3-8,10,12-19H2,1-2H3;3-5H2,1-2H3/b;11-9+;. The van der Waals surface area contributed by atoms with Crippen LogP contribution in [0.2, 0.25) is 0 Å². The van der Waals surface area contributed by atoms with E-state index in [4.69, 9.17) is 0 Å². The van der Waals surface area contributed by atoms with Gasteiger partial charge in [-0.15, -0.1) is 6.58 Å². The molecular formula is C43H90N2. The van der Waals surface area contributed by atoms with Crippen molar-refractivity contribution < 1.29 is 0 Å². The highest BCUT2D eigenvalue weighted by Gasteiger charge is 2.01. The second kappa shape index (κ2) is 50.3. The molecule has 0 amide bonds. The van der Waals surface area contributed by atoms with Crippen LogP contribution in [0.3, 0.4) is 0 Å². The van der Waals surface area contributed by atoms with Crippen molar-refractivity contribution in [1.29, 1.82) is 0 Å². The van der Waals surface area contributed by atoms with E-state index in [1.807, 2.05) is 13.1 Å². The van der Waals surface area contributed by atoms with Gasteiger partial charge in [0.2, 0.25) is 0 Å². The van der Waals surface area contributed by atoms with Gasteiger partial charge < -0.3 is 10.6 Å². The predicted octanol–water partition coefficient (Wildman–Crippen LogP) is 14.5. The van der Waals surface area contributed by atoms with E-state index in [2.05, 4.69) is 64.0 Å². The number of hydrogen-bond donors (Lipinski definition) is 2. The van der Waals surface area contributed by atoms with E-state index in [-0.39, 0.29) is 0 Å². The van der Waals surface area contributed by atoms with Crippen LogP contribution in [-0.4, -0.2) is 26.7 Å². The molecule has 0 bridgehead atoms. The van der Waals surface area contributed by atoms with E-state index in [9.17, 15) is 0 Å². The molecule has 1 atom stereocenters. The van der Waals surface area contributed by atoms with Crippen LogP contribution in [0.15, 0.2) is 24.8 Å². The molecule has 0 aliphatic rings. The molecule has 0 aromatic heterocycles. The minimum atomic E-state index is 0.922. The van der Waals surface area contributed by atoms with Gasteiger partial charge in [0.1, 0.15) is 0 Å². The molecule has 0 saturated carbocycles. The largest absolute Gasteiger partial charge is 0.318 e. The number of allylic oxidation sites excluding steroid dienone is 3. The summed E-state index contributed by atoms with van der Waals surface area (Å²) in [6.07, 6.45) is 47.3. The summed E-state index contributed by atoms with van der Waals surface area (Å²) in [5, 5.41) is 6.62. The maximum atomic E-state index is 3.78. The van der Waals surface area contributed by atoms with Gasteiger partial charge in [-0.25, -0.2) is 0 Å². The Morgan fingerprint density at radius 2 is 0.867 bits per heavy atom. The zero-order chi connectivity index (χ0) is 33.7. The summed E-state index contributed by atoms with van der Waals surface area (Å²) in [5.74, 6) is 0.922. The van der Waals surface area contributed by atoms with Crippen molar-refractivity contribution in [1.82, 2.24) is 10.6 Å². The van der Waals surface area contributed by atoms with Gasteiger partial charge in [0.15, 0.2) is 0 Å². The number of likely N-dealkylation sites (N-methyl/N-ethyl adjacent to an activating group) is 1. The molecule has 0 aliphatic carbocycles. The van der Waals surface area contributed by atoms with Gasteiger partial charge in [-0.1, -0.05) is 201 Å². The Bertz CT molecular complexity index is 498. The lowest BCUT2D eigenvalue weighted by molar-refractivity contribution is 0.438. The molecule has 0 rings (SSSR count). The first-order valence-electron chi connectivity index (χ1n) is 20.7. The van der Waals surface area contributed by atoms with Crippen LogP contribution >= 0.6 is 0 Å². The Hall–Kier alpha value is -0.600. The highest BCUT2D eigenvalue weighted by molar-refractivity contribution is 4.81. The molecule has 0 radical (unpaired) electrons. The van der Waals surface area contributed by atoms with Crippen molar-refractivity contribution in [2.24, 2.45) is 5.92 Å². The fraction of sp³-hybridized carbons (Fsp3) is 0.907. The van der Waals surface area contributed by atoms with E-state index in [0.29, 0.717) is 0 Å². The fourth-order valence-electron chi connectivity index (χ4n) is 5.55. The molecule has 0 fully saturated rings. The summed E-state index contributed by atoms with van der Waals surface area (Å²) in [7, 11) is 2.00. The second-order valence-corrected chi connectivity index (χ2v) is 13.7. The van der Waals surface area contributed by atoms with E-state index in [1.54, 1.807) is 0 Å². The van der Waals surface area contributed by atoms with Gasteiger partial charge in [-0.05, 0) is 58.0 Å². The SMILES string of the molecule is C=CCCCCC(C)CCCCCCCCNCCNC.CCCC/C=C/CCCCCCCCCCCCC.CCCCC. The van der Waals surface area contributed by atoms with Crippen LogP contribution in [0.4, 0.5) is 0 Å². The Morgan fingerprint density at radius 3 is 1.36 bits per heavy atom. The number of hydrogen-bond acceptors (Lipinski definition) is 2. The smallest absolute Gasteiger partial charge is 0.00766 e. The van der Waals surface area contributed by atoms with Crippen molar-refractivity contribution in [2.75, 3.05) is 26.7 Å². The van der Waals surface area contributed by atoms with E-state index >= 15 is 0 Å². The molecule has 0 spiro atoms. The summed E-state index contributed by atoms with van der Waals surface area (Å²) < 4.78 is 0. The maximum absolute atomic E-state index is 3.78. The van der Waals surface area contributed by atoms with Crippen LogP contribution in [0, 0.1) is 5.92 Å². The summed E-state index contributed by atoms with van der Waals surface area (Å²) in [6.45, 7) is 18.5. The minimum absolute atomic E-state index is 0.922. The lowest BCUT2D eigenvalue weighted by Gasteiger charge is -2.10. The number of nitrogens with one attached hydrogen (secondary N) is 2. The molecule has 45 heavy (non-hydrogen) atoms. The molecule has 0 aromatic carbocycles. The van der Waals surface area contributed by atoms with Crippen LogP contribution in [0.5, 0.6) is 0 Å². The Labute approximate surface area is 288 Å². The van der Waals surface area contributed by atoms with Crippen LogP contribution in [0.1, 0.15) is 221 Å². The summed E-state index contributed by atoms with van der Waals surface area (Å²) in [6, 6.07) is 0. The number of unbranched alkanes of at least 4 members (excludes halogenated alkanes) is 22. The molecule has 0 heterocycles. The third-order valence-corrected chi connectivity index (χ3v) is 8.78. The van der Waals surface area contributed by atoms with Crippen molar-refractivity contribution in [3.05, 3.63) is 24.8 Å². The van der Waals surface area contributed by atoms with Gasteiger partial charge in [0.25, 0.3) is 0 Å². The molecule has 2 N–H and O–H groups in total. The van der Waals surface area contributed by atoms with Crippen molar-refractivity contribution >= 4 is 0 Å². The zero-order valence-corrected chi connectivity index (χ0v) is 32.6. The van der Waals surface area contributed by atoms with Gasteiger partial charge in [0, 0.05) is 13.1 Å². The second-order valence-electron chi connectivity index (χ2n) is 13.7. The molecule has 0 saturated heterocycles. The molecule has 272 valence electrons. The van der Waals surface area contributed by atoms with E-state index in [0.717, 1.165) is 19.0 Å². The monoisotopic (exact) mass is 635 g/mol. The first-order valence-corrected chi connectivity index (χ1v) is 20.7. The topological polar surface area (TPSA) is 24.1 Å². The first-order chi connectivity index (χ1) is 22.1. The average Bonchev–Trinajstić information content (AvgIpc) is 3.05. The van der Waals surface area contributed by atoms with Gasteiger partial charge >= 0.3 is 0 Å². The van der Waals surface area contributed by atoms with Crippen LogP contribution in [-0.2, 0) is 0 Å². The third kappa shape index (κ3) is 56.1. The van der Waals surface area contributed by atoms with Crippen molar-refractivity contribution in [3.63, 3.8) is 0 Å². The lowest BCUT2D eigenvalue weighted by Crippen LogP contribution is -2.25. The first kappa shape index (κ1) is 48.8. The number of rotatable bonds is 34.